The van der Waals surface area contributed by atoms with Gasteiger partial charge in [0.1, 0.15) is 5.82 Å². The molecule has 0 aliphatic heterocycles. The molecular weight excluding hydrogens is 293 g/mol. The summed E-state index contributed by atoms with van der Waals surface area (Å²) < 4.78 is 14.1. The summed E-state index contributed by atoms with van der Waals surface area (Å²) in [5, 5.41) is 0.902. The van der Waals surface area contributed by atoms with Gasteiger partial charge in [-0.05, 0) is 42.1 Å². The molecule has 0 saturated heterocycles. The number of pyridine rings is 1. The molecule has 102 valence electrons. The van der Waals surface area contributed by atoms with Crippen molar-refractivity contribution in [2.24, 2.45) is 0 Å². The molecule has 0 saturated carbocycles. The van der Waals surface area contributed by atoms with Crippen molar-refractivity contribution >= 4 is 33.0 Å². The van der Waals surface area contributed by atoms with E-state index in [1.807, 2.05) is 31.3 Å². The highest BCUT2D eigenvalue weighted by molar-refractivity contribution is 7.19. The quantitative estimate of drug-likeness (QED) is 0.601. The maximum atomic E-state index is 13.2. The van der Waals surface area contributed by atoms with E-state index >= 15 is 0 Å². The minimum atomic E-state index is -0.211. The molecule has 1 unspecified atom stereocenters. The predicted octanol–water partition coefficient (Wildman–Crippen LogP) is 5.27. The van der Waals surface area contributed by atoms with E-state index in [1.165, 1.54) is 6.07 Å². The zero-order chi connectivity index (χ0) is 14.1. The minimum absolute atomic E-state index is 0.134. The Bertz CT molecular complexity index is 736. The first-order valence-electron chi connectivity index (χ1n) is 6.36. The van der Waals surface area contributed by atoms with Gasteiger partial charge in [0, 0.05) is 27.9 Å². The fourth-order valence-corrected chi connectivity index (χ4v) is 3.51. The molecule has 3 aromatic rings. The van der Waals surface area contributed by atoms with Crippen LogP contribution in [0.1, 0.15) is 21.5 Å². The Morgan fingerprint density at radius 2 is 2.10 bits per heavy atom. The van der Waals surface area contributed by atoms with Gasteiger partial charge in [-0.2, -0.15) is 0 Å². The Morgan fingerprint density at radius 1 is 1.25 bits per heavy atom. The van der Waals surface area contributed by atoms with Gasteiger partial charge in [-0.1, -0.05) is 12.1 Å². The van der Waals surface area contributed by atoms with Crippen LogP contribution in [0.15, 0.2) is 42.6 Å². The van der Waals surface area contributed by atoms with Crippen molar-refractivity contribution < 1.29 is 4.39 Å². The third-order valence-corrected chi connectivity index (χ3v) is 4.90. The van der Waals surface area contributed by atoms with E-state index in [-0.39, 0.29) is 11.2 Å². The lowest BCUT2D eigenvalue weighted by Crippen LogP contribution is -1.96. The second-order valence-corrected chi connectivity index (χ2v) is 6.47. The van der Waals surface area contributed by atoms with Gasteiger partial charge in [-0.15, -0.1) is 22.9 Å². The van der Waals surface area contributed by atoms with Crippen LogP contribution in [-0.2, 0) is 6.42 Å². The molecule has 1 nitrogen and oxygen atoms in total. The molecule has 1 atom stereocenters. The number of benzene rings is 1. The second kappa shape index (κ2) is 5.51. The van der Waals surface area contributed by atoms with E-state index in [4.69, 9.17) is 11.6 Å². The average molecular weight is 306 g/mol. The lowest BCUT2D eigenvalue weighted by molar-refractivity contribution is 0.630. The van der Waals surface area contributed by atoms with Crippen molar-refractivity contribution in [1.29, 1.82) is 0 Å². The van der Waals surface area contributed by atoms with Gasteiger partial charge in [-0.25, -0.2) is 4.39 Å². The molecule has 4 heteroatoms. The van der Waals surface area contributed by atoms with Crippen molar-refractivity contribution in [3.05, 3.63) is 64.5 Å². The van der Waals surface area contributed by atoms with Gasteiger partial charge in [0.25, 0.3) is 0 Å². The van der Waals surface area contributed by atoms with Gasteiger partial charge in [0.15, 0.2) is 0 Å². The summed E-state index contributed by atoms with van der Waals surface area (Å²) in [6.45, 7) is 2.01. The van der Waals surface area contributed by atoms with Crippen LogP contribution in [0.2, 0.25) is 0 Å². The average Bonchev–Trinajstić information content (AvgIpc) is 2.84. The standard InChI is InChI=1S/C16H13ClFNS/c1-10-2-5-13(19-9-10)8-14(17)16-6-11-3-4-12(18)7-15(11)20-16/h2-7,9,14H,8H2,1H3. The van der Waals surface area contributed by atoms with Crippen molar-refractivity contribution in [2.75, 3.05) is 0 Å². The highest BCUT2D eigenvalue weighted by atomic mass is 35.5. The van der Waals surface area contributed by atoms with Crippen LogP contribution in [0, 0.1) is 12.7 Å². The summed E-state index contributed by atoms with van der Waals surface area (Å²) in [5.41, 5.74) is 2.11. The van der Waals surface area contributed by atoms with Crippen LogP contribution in [0.5, 0.6) is 0 Å². The Morgan fingerprint density at radius 3 is 2.85 bits per heavy atom. The Hall–Kier alpha value is -1.45. The molecule has 0 fully saturated rings. The molecule has 0 radical (unpaired) electrons. The zero-order valence-corrected chi connectivity index (χ0v) is 12.5. The van der Waals surface area contributed by atoms with Crippen LogP contribution in [0.4, 0.5) is 4.39 Å². The molecule has 0 bridgehead atoms. The topological polar surface area (TPSA) is 12.9 Å². The maximum Gasteiger partial charge on any atom is 0.124 e. The van der Waals surface area contributed by atoms with E-state index in [2.05, 4.69) is 4.98 Å². The molecule has 0 amide bonds. The minimum Gasteiger partial charge on any atom is -0.261 e. The fraction of sp³-hybridized carbons (Fsp3) is 0.188. The Labute approximate surface area is 126 Å². The number of aryl methyl sites for hydroxylation is 1. The summed E-state index contributed by atoms with van der Waals surface area (Å²) in [7, 11) is 0. The van der Waals surface area contributed by atoms with Crippen LogP contribution < -0.4 is 0 Å². The number of halogens is 2. The molecule has 0 aliphatic carbocycles. The van der Waals surface area contributed by atoms with Crippen LogP contribution in [-0.4, -0.2) is 4.98 Å². The first-order chi connectivity index (χ1) is 9.61. The zero-order valence-electron chi connectivity index (χ0n) is 10.9. The van der Waals surface area contributed by atoms with Crippen molar-refractivity contribution in [2.45, 2.75) is 18.7 Å². The number of hydrogen-bond acceptors (Lipinski definition) is 2. The normalized spacial score (nSPS) is 12.8. The van der Waals surface area contributed by atoms with E-state index < -0.39 is 0 Å². The van der Waals surface area contributed by atoms with Gasteiger partial charge in [0.2, 0.25) is 0 Å². The smallest absolute Gasteiger partial charge is 0.124 e. The SMILES string of the molecule is Cc1ccc(CC(Cl)c2cc3ccc(F)cc3s2)nc1. The summed E-state index contributed by atoms with van der Waals surface area (Å²) in [5.74, 6) is -0.211. The first kappa shape index (κ1) is 13.5. The number of rotatable bonds is 3. The summed E-state index contributed by atoms with van der Waals surface area (Å²) in [6.07, 6.45) is 2.52. The third-order valence-electron chi connectivity index (χ3n) is 3.17. The Kier molecular flexibility index (Phi) is 3.72. The van der Waals surface area contributed by atoms with Crippen LogP contribution >= 0.6 is 22.9 Å². The monoisotopic (exact) mass is 305 g/mol. The number of thiophene rings is 1. The van der Waals surface area contributed by atoms with Crippen molar-refractivity contribution in [3.8, 4) is 0 Å². The van der Waals surface area contributed by atoms with Crippen LogP contribution in [0.3, 0.4) is 0 Å². The third kappa shape index (κ3) is 2.84. The molecule has 0 aliphatic rings. The molecular formula is C16H13ClFNS. The van der Waals surface area contributed by atoms with Gasteiger partial charge < -0.3 is 0 Å². The van der Waals surface area contributed by atoms with Gasteiger partial charge >= 0.3 is 0 Å². The van der Waals surface area contributed by atoms with Gasteiger partial charge in [-0.3, -0.25) is 4.98 Å². The van der Waals surface area contributed by atoms with Crippen molar-refractivity contribution in [1.82, 2.24) is 4.98 Å². The second-order valence-electron chi connectivity index (χ2n) is 4.83. The summed E-state index contributed by atoms with van der Waals surface area (Å²) in [4.78, 5) is 5.42. The van der Waals surface area contributed by atoms with E-state index in [1.54, 1.807) is 23.5 Å². The number of fused-ring (bicyclic) bond motifs is 1. The summed E-state index contributed by atoms with van der Waals surface area (Å²) >= 11 is 8.01. The largest absolute Gasteiger partial charge is 0.261 e. The lowest BCUT2D eigenvalue weighted by Gasteiger charge is -2.06. The van der Waals surface area contributed by atoms with Crippen molar-refractivity contribution in [3.63, 3.8) is 0 Å². The summed E-state index contributed by atoms with van der Waals surface area (Å²) in [6, 6.07) is 10.9. The molecule has 0 N–H and O–H groups in total. The predicted molar refractivity (Wildman–Crippen MR) is 83.1 cm³/mol. The lowest BCUT2D eigenvalue weighted by atomic mass is 10.1. The van der Waals surface area contributed by atoms with E-state index in [9.17, 15) is 4.39 Å². The van der Waals surface area contributed by atoms with Gasteiger partial charge in [0.05, 0.1) is 5.38 Å². The fourth-order valence-electron chi connectivity index (χ4n) is 2.08. The number of hydrogen-bond donors (Lipinski definition) is 0. The highest BCUT2D eigenvalue weighted by Gasteiger charge is 2.13. The van der Waals surface area contributed by atoms with E-state index in [0.717, 1.165) is 26.2 Å². The van der Waals surface area contributed by atoms with Crippen LogP contribution in [0.25, 0.3) is 10.1 Å². The highest BCUT2D eigenvalue weighted by Crippen LogP contribution is 2.35. The molecule has 0 spiro atoms. The molecule has 2 aromatic heterocycles. The Balaban J connectivity index is 1.84. The number of alkyl halides is 1. The number of aromatic nitrogens is 1. The first-order valence-corrected chi connectivity index (χ1v) is 7.62. The molecule has 1 aromatic carbocycles. The maximum absolute atomic E-state index is 13.2. The molecule has 2 heterocycles. The number of nitrogens with zero attached hydrogens (tertiary/aromatic N) is 1. The molecule has 3 rings (SSSR count). The molecule has 20 heavy (non-hydrogen) atoms. The van der Waals surface area contributed by atoms with E-state index in [0.29, 0.717) is 6.42 Å².